The van der Waals surface area contributed by atoms with Gasteiger partial charge >= 0.3 is 6.01 Å². The Labute approximate surface area is 185 Å². The molecule has 0 saturated heterocycles. The molecule has 0 spiro atoms. The maximum absolute atomic E-state index is 11.8. The summed E-state index contributed by atoms with van der Waals surface area (Å²) in [4.78, 5) is 20.6. The van der Waals surface area contributed by atoms with Gasteiger partial charge in [-0.15, -0.1) is 5.10 Å². The van der Waals surface area contributed by atoms with Crippen LogP contribution in [0.5, 0.6) is 0 Å². The fourth-order valence-corrected chi connectivity index (χ4v) is 3.29. The smallest absolute Gasteiger partial charge is 0.382 e. The molecule has 2 aromatic heterocycles. The molecular weight excluding hydrogens is 406 g/mol. The highest BCUT2D eigenvalue weighted by Crippen LogP contribution is 2.29. The summed E-state index contributed by atoms with van der Waals surface area (Å²) in [5.41, 5.74) is 9.45. The zero-order valence-electron chi connectivity index (χ0n) is 18.1. The second-order valence-corrected chi connectivity index (χ2v) is 7.86. The van der Waals surface area contributed by atoms with Crippen molar-refractivity contribution in [2.45, 2.75) is 6.54 Å². The minimum absolute atomic E-state index is 0.157. The van der Waals surface area contributed by atoms with Gasteiger partial charge in [0.15, 0.2) is 11.5 Å². The van der Waals surface area contributed by atoms with Gasteiger partial charge in [-0.05, 0) is 12.1 Å². The van der Waals surface area contributed by atoms with Crippen molar-refractivity contribution in [2.75, 3.05) is 26.9 Å². The predicted molar refractivity (Wildman–Crippen MR) is 122 cm³/mol. The zero-order chi connectivity index (χ0) is 22.7. The van der Waals surface area contributed by atoms with Crippen LogP contribution in [0.4, 0.5) is 11.8 Å². The van der Waals surface area contributed by atoms with E-state index in [0.717, 1.165) is 11.1 Å². The van der Waals surface area contributed by atoms with Gasteiger partial charge in [0, 0.05) is 23.7 Å². The second kappa shape index (κ2) is 8.56. The van der Waals surface area contributed by atoms with Gasteiger partial charge < -0.3 is 15.5 Å². The first-order chi connectivity index (χ1) is 15.4. The standard InChI is InChI=1S/C23H23N7O2/c1-25-21(31)17-11-9-16(10-12-17)18-13-26-20(24)19(27-18)22-28-29-23(32-22)30(2,3)14-15-7-5-4-6-8-15/h4-13H,14H2,1-3H3,(H2-,24,25,26,28,31)/p+1. The van der Waals surface area contributed by atoms with Crippen LogP contribution in [0.15, 0.2) is 65.2 Å². The van der Waals surface area contributed by atoms with Gasteiger partial charge in [0.1, 0.15) is 6.54 Å². The normalized spacial score (nSPS) is 11.3. The van der Waals surface area contributed by atoms with E-state index in [-0.39, 0.29) is 17.6 Å². The average molecular weight is 430 g/mol. The number of rotatable bonds is 6. The van der Waals surface area contributed by atoms with E-state index in [2.05, 4.69) is 37.6 Å². The number of nitrogens with zero attached hydrogens (tertiary/aromatic N) is 5. The summed E-state index contributed by atoms with van der Waals surface area (Å²) in [6.45, 7) is 0.682. The number of benzene rings is 2. The van der Waals surface area contributed by atoms with Gasteiger partial charge in [-0.2, -0.15) is 0 Å². The highest BCUT2D eigenvalue weighted by molar-refractivity contribution is 5.94. The van der Waals surface area contributed by atoms with Crippen LogP contribution in [0.25, 0.3) is 22.8 Å². The number of nitrogens with two attached hydrogens (primary N) is 1. The van der Waals surface area contributed by atoms with E-state index in [1.165, 1.54) is 0 Å². The summed E-state index contributed by atoms with van der Waals surface area (Å²) in [7, 11) is 5.57. The third-order valence-corrected chi connectivity index (χ3v) is 5.03. The number of anilines is 1. The minimum atomic E-state index is -0.157. The third-order valence-electron chi connectivity index (χ3n) is 5.03. The van der Waals surface area contributed by atoms with Crippen molar-refractivity contribution in [3.63, 3.8) is 0 Å². The van der Waals surface area contributed by atoms with Crippen LogP contribution in [0.2, 0.25) is 0 Å². The molecule has 0 aliphatic carbocycles. The van der Waals surface area contributed by atoms with Crippen molar-refractivity contribution < 1.29 is 9.21 Å². The van der Waals surface area contributed by atoms with Gasteiger partial charge in [0.05, 0.1) is 26.0 Å². The summed E-state index contributed by atoms with van der Waals surface area (Å²) in [6.07, 6.45) is 1.57. The first kappa shape index (κ1) is 21.1. The quantitative estimate of drug-likeness (QED) is 0.451. The number of nitrogens with one attached hydrogen (secondary N) is 1. The van der Waals surface area contributed by atoms with Crippen LogP contribution < -0.4 is 15.5 Å². The van der Waals surface area contributed by atoms with E-state index >= 15 is 0 Å². The lowest BCUT2D eigenvalue weighted by atomic mass is 10.1. The van der Waals surface area contributed by atoms with Crippen LogP contribution in [0, 0.1) is 0 Å². The van der Waals surface area contributed by atoms with Crippen LogP contribution in [-0.2, 0) is 6.54 Å². The van der Waals surface area contributed by atoms with Gasteiger partial charge in [-0.3, -0.25) is 4.79 Å². The number of hydrogen-bond acceptors (Lipinski definition) is 7. The summed E-state index contributed by atoms with van der Waals surface area (Å²) < 4.78 is 6.32. The SMILES string of the molecule is CNC(=O)c1ccc(-c2cnc(N)c(-c3nnc([N+](C)(C)Cc4ccccc4)o3)n2)cc1. The van der Waals surface area contributed by atoms with Crippen molar-refractivity contribution >= 4 is 17.7 Å². The summed E-state index contributed by atoms with van der Waals surface area (Å²) >= 11 is 0. The lowest BCUT2D eigenvalue weighted by molar-refractivity contribution is 0.0963. The highest BCUT2D eigenvalue weighted by atomic mass is 16.4. The molecule has 2 aromatic carbocycles. The Morgan fingerprint density at radius 1 is 1.06 bits per heavy atom. The molecule has 4 aromatic rings. The molecule has 9 heteroatoms. The van der Waals surface area contributed by atoms with Crippen LogP contribution in [-0.4, -0.2) is 47.2 Å². The maximum atomic E-state index is 11.8. The first-order valence-electron chi connectivity index (χ1n) is 10.0. The molecule has 0 aliphatic rings. The van der Waals surface area contributed by atoms with E-state index < -0.39 is 0 Å². The topological polar surface area (TPSA) is 120 Å². The number of aromatic nitrogens is 4. The van der Waals surface area contributed by atoms with E-state index in [1.54, 1.807) is 37.5 Å². The molecule has 0 bridgehead atoms. The van der Waals surface area contributed by atoms with Gasteiger partial charge in [0.2, 0.25) is 0 Å². The van der Waals surface area contributed by atoms with Crippen molar-refractivity contribution in [2.24, 2.45) is 0 Å². The molecule has 0 saturated carbocycles. The van der Waals surface area contributed by atoms with E-state index in [1.807, 2.05) is 32.3 Å². The molecule has 0 fully saturated rings. The summed E-state index contributed by atoms with van der Waals surface area (Å²) in [6, 6.07) is 17.6. The van der Waals surface area contributed by atoms with Gasteiger partial charge in [-0.1, -0.05) is 47.6 Å². The molecule has 2 heterocycles. The molecule has 0 atom stereocenters. The van der Waals surface area contributed by atoms with Crippen molar-refractivity contribution in [1.82, 2.24) is 30.0 Å². The Morgan fingerprint density at radius 3 is 2.47 bits per heavy atom. The van der Waals surface area contributed by atoms with Crippen LogP contribution >= 0.6 is 0 Å². The molecule has 0 aliphatic heterocycles. The molecule has 3 N–H and O–H groups in total. The van der Waals surface area contributed by atoms with Crippen LogP contribution in [0.3, 0.4) is 0 Å². The summed E-state index contributed by atoms with van der Waals surface area (Å²) in [5.74, 6) is 0.239. The van der Waals surface area contributed by atoms with E-state index in [4.69, 9.17) is 10.2 Å². The Kier molecular flexibility index (Phi) is 5.65. The van der Waals surface area contributed by atoms with Gasteiger partial charge in [0.25, 0.3) is 11.8 Å². The number of carbonyl (C=O) groups is 1. The first-order valence-corrected chi connectivity index (χ1v) is 10.0. The monoisotopic (exact) mass is 430 g/mol. The predicted octanol–water partition coefficient (Wildman–Crippen LogP) is 2.90. The number of nitrogen functional groups attached to an aromatic ring is 1. The summed E-state index contributed by atoms with van der Waals surface area (Å²) in [5, 5.41) is 11.0. The minimum Gasteiger partial charge on any atom is -0.382 e. The molecule has 9 nitrogen and oxygen atoms in total. The van der Waals surface area contributed by atoms with E-state index in [9.17, 15) is 4.79 Å². The lowest BCUT2D eigenvalue weighted by Gasteiger charge is -2.23. The average Bonchev–Trinajstić information content (AvgIpc) is 3.31. The van der Waals surface area contributed by atoms with Crippen molar-refractivity contribution in [3.05, 3.63) is 71.9 Å². The fraction of sp³-hybridized carbons (Fsp3) is 0.174. The molecule has 162 valence electrons. The maximum Gasteiger partial charge on any atom is 0.424 e. The molecule has 0 radical (unpaired) electrons. The Bertz CT molecular complexity index is 1230. The second-order valence-electron chi connectivity index (χ2n) is 7.86. The zero-order valence-corrected chi connectivity index (χ0v) is 18.1. The van der Waals surface area contributed by atoms with Gasteiger partial charge in [-0.25, -0.2) is 14.5 Å². The Morgan fingerprint density at radius 2 is 1.78 bits per heavy atom. The molecular formula is C23H24N7O2+. The largest absolute Gasteiger partial charge is 0.424 e. The fourth-order valence-electron chi connectivity index (χ4n) is 3.29. The number of carbonyl (C=O) groups excluding carboxylic acids is 1. The van der Waals surface area contributed by atoms with Crippen molar-refractivity contribution in [3.8, 4) is 22.8 Å². The third kappa shape index (κ3) is 4.33. The highest BCUT2D eigenvalue weighted by Gasteiger charge is 2.28. The van der Waals surface area contributed by atoms with Crippen molar-refractivity contribution in [1.29, 1.82) is 0 Å². The molecule has 4 rings (SSSR count). The van der Waals surface area contributed by atoms with Crippen LogP contribution in [0.1, 0.15) is 15.9 Å². The number of quaternary nitrogens is 1. The molecule has 1 amide bonds. The van der Waals surface area contributed by atoms with E-state index in [0.29, 0.717) is 34.0 Å². The number of hydrogen-bond donors (Lipinski definition) is 2. The Balaban J connectivity index is 1.62. The lowest BCUT2D eigenvalue weighted by Crippen LogP contribution is -2.39. The Hall–Kier alpha value is -4.11. The molecule has 0 unspecified atom stereocenters. The molecule has 32 heavy (non-hydrogen) atoms. The number of amides is 1.